The largest absolute Gasteiger partial charge is 0.508 e. The van der Waals surface area contributed by atoms with E-state index in [0.717, 1.165) is 5.39 Å². The van der Waals surface area contributed by atoms with E-state index in [1.165, 1.54) is 6.07 Å². The normalized spacial score (nSPS) is 10.7. The van der Waals surface area contributed by atoms with E-state index in [2.05, 4.69) is 9.97 Å². The SMILES string of the molecule is Cc1ccc(C(=O)OCc2nc(N)c3ccccc3n2)cc1O. The summed E-state index contributed by atoms with van der Waals surface area (Å²) in [5.74, 6) is 0.154. The van der Waals surface area contributed by atoms with E-state index < -0.39 is 5.97 Å². The van der Waals surface area contributed by atoms with Gasteiger partial charge in [-0.2, -0.15) is 0 Å². The van der Waals surface area contributed by atoms with E-state index >= 15 is 0 Å². The lowest BCUT2D eigenvalue weighted by molar-refractivity contribution is 0.0462. The number of aromatic nitrogens is 2. The van der Waals surface area contributed by atoms with E-state index in [-0.39, 0.29) is 17.9 Å². The Kier molecular flexibility index (Phi) is 3.80. The first kappa shape index (κ1) is 14.8. The summed E-state index contributed by atoms with van der Waals surface area (Å²) in [5, 5.41) is 10.4. The zero-order valence-corrected chi connectivity index (χ0v) is 12.5. The van der Waals surface area contributed by atoms with Gasteiger partial charge in [-0.1, -0.05) is 18.2 Å². The van der Waals surface area contributed by atoms with Crippen LogP contribution in [0.5, 0.6) is 5.75 Å². The molecule has 1 aromatic heterocycles. The molecule has 0 aliphatic heterocycles. The number of fused-ring (bicyclic) bond motifs is 1. The topological polar surface area (TPSA) is 98.3 Å². The highest BCUT2D eigenvalue weighted by atomic mass is 16.5. The molecule has 116 valence electrons. The molecule has 2 aromatic carbocycles. The molecule has 0 bridgehead atoms. The standard InChI is InChI=1S/C17H15N3O3/c1-10-6-7-11(8-14(10)21)17(22)23-9-15-19-13-5-3-2-4-12(13)16(18)20-15/h2-8,21H,9H2,1H3,(H2,18,19,20). The highest BCUT2D eigenvalue weighted by molar-refractivity contribution is 5.90. The highest BCUT2D eigenvalue weighted by Crippen LogP contribution is 2.19. The molecule has 0 saturated heterocycles. The van der Waals surface area contributed by atoms with Crippen LogP contribution in [0.3, 0.4) is 0 Å². The fourth-order valence-electron chi connectivity index (χ4n) is 2.17. The zero-order chi connectivity index (χ0) is 16.4. The fraction of sp³-hybridized carbons (Fsp3) is 0.118. The number of ether oxygens (including phenoxy) is 1. The van der Waals surface area contributed by atoms with E-state index in [1.54, 1.807) is 19.1 Å². The van der Waals surface area contributed by atoms with Crippen LogP contribution in [0.1, 0.15) is 21.7 Å². The average Bonchev–Trinajstić information content (AvgIpc) is 2.55. The summed E-state index contributed by atoms with van der Waals surface area (Å²) in [5.41, 5.74) is 7.53. The summed E-state index contributed by atoms with van der Waals surface area (Å²) >= 11 is 0. The van der Waals surface area contributed by atoms with Crippen LogP contribution in [0, 0.1) is 6.92 Å². The first-order valence-corrected chi connectivity index (χ1v) is 7.02. The van der Waals surface area contributed by atoms with Crippen molar-refractivity contribution in [1.82, 2.24) is 9.97 Å². The number of nitrogens with two attached hydrogens (primary N) is 1. The molecule has 0 aliphatic carbocycles. The highest BCUT2D eigenvalue weighted by Gasteiger charge is 2.11. The van der Waals surface area contributed by atoms with E-state index in [9.17, 15) is 9.90 Å². The molecule has 3 N–H and O–H groups in total. The third-order valence-corrected chi connectivity index (χ3v) is 3.46. The third kappa shape index (κ3) is 3.06. The van der Waals surface area contributed by atoms with Gasteiger partial charge in [0.1, 0.15) is 11.6 Å². The minimum Gasteiger partial charge on any atom is -0.508 e. The Labute approximate surface area is 132 Å². The molecule has 3 aromatic rings. The van der Waals surface area contributed by atoms with Crippen molar-refractivity contribution >= 4 is 22.7 Å². The van der Waals surface area contributed by atoms with Gasteiger partial charge in [0.05, 0.1) is 11.1 Å². The maximum absolute atomic E-state index is 12.0. The predicted molar refractivity (Wildman–Crippen MR) is 85.9 cm³/mol. The summed E-state index contributed by atoms with van der Waals surface area (Å²) in [6.07, 6.45) is 0. The number of para-hydroxylation sites is 1. The number of rotatable bonds is 3. The van der Waals surface area contributed by atoms with E-state index in [0.29, 0.717) is 22.7 Å². The molecule has 0 radical (unpaired) electrons. The molecule has 0 saturated carbocycles. The van der Waals surface area contributed by atoms with Crippen LogP contribution in [0.25, 0.3) is 10.9 Å². The number of anilines is 1. The molecule has 0 aliphatic rings. The number of nitrogens with zero attached hydrogens (tertiary/aromatic N) is 2. The first-order chi connectivity index (χ1) is 11.0. The predicted octanol–water partition coefficient (Wildman–Crippen LogP) is 2.58. The lowest BCUT2D eigenvalue weighted by Gasteiger charge is -2.07. The Balaban J connectivity index is 1.77. The van der Waals surface area contributed by atoms with Crippen molar-refractivity contribution in [2.45, 2.75) is 13.5 Å². The Morgan fingerprint density at radius 1 is 1.22 bits per heavy atom. The number of carbonyl (C=O) groups excluding carboxylic acids is 1. The number of aryl methyl sites for hydroxylation is 1. The Morgan fingerprint density at radius 2 is 2.00 bits per heavy atom. The molecule has 3 rings (SSSR count). The number of carbonyl (C=O) groups is 1. The van der Waals surface area contributed by atoms with Gasteiger partial charge in [-0.05, 0) is 36.8 Å². The lowest BCUT2D eigenvalue weighted by Crippen LogP contribution is -2.08. The second-order valence-electron chi connectivity index (χ2n) is 5.12. The molecule has 23 heavy (non-hydrogen) atoms. The maximum Gasteiger partial charge on any atom is 0.338 e. The second kappa shape index (κ2) is 5.92. The average molecular weight is 309 g/mol. The van der Waals surface area contributed by atoms with Gasteiger partial charge in [0, 0.05) is 5.39 Å². The summed E-state index contributed by atoms with van der Waals surface area (Å²) in [7, 11) is 0. The van der Waals surface area contributed by atoms with Gasteiger partial charge in [0.2, 0.25) is 0 Å². The molecular formula is C17H15N3O3. The van der Waals surface area contributed by atoms with Crippen LogP contribution in [0.2, 0.25) is 0 Å². The number of esters is 1. The van der Waals surface area contributed by atoms with Gasteiger partial charge in [-0.25, -0.2) is 14.8 Å². The van der Waals surface area contributed by atoms with Gasteiger partial charge in [-0.3, -0.25) is 0 Å². The molecule has 0 amide bonds. The Hall–Kier alpha value is -3.15. The van der Waals surface area contributed by atoms with Gasteiger partial charge >= 0.3 is 5.97 Å². The molecule has 0 atom stereocenters. The summed E-state index contributed by atoms with van der Waals surface area (Å²) in [6.45, 7) is 1.65. The van der Waals surface area contributed by atoms with Gasteiger partial charge in [-0.15, -0.1) is 0 Å². The van der Waals surface area contributed by atoms with Crippen molar-refractivity contribution in [2.24, 2.45) is 0 Å². The van der Waals surface area contributed by atoms with Gasteiger partial charge in [0.25, 0.3) is 0 Å². The quantitative estimate of drug-likeness (QED) is 0.722. The van der Waals surface area contributed by atoms with Crippen molar-refractivity contribution in [3.8, 4) is 5.75 Å². The summed E-state index contributed by atoms with van der Waals surface area (Å²) in [6, 6.07) is 12.0. The number of hydrogen-bond donors (Lipinski definition) is 2. The Bertz CT molecular complexity index is 893. The minimum absolute atomic E-state index is 0.0469. The number of phenolic OH excluding ortho intramolecular Hbond substituents is 1. The molecular weight excluding hydrogens is 294 g/mol. The lowest BCUT2D eigenvalue weighted by atomic mass is 10.1. The molecule has 6 heteroatoms. The van der Waals surface area contributed by atoms with E-state index in [4.69, 9.17) is 10.5 Å². The molecule has 0 spiro atoms. The zero-order valence-electron chi connectivity index (χ0n) is 12.5. The van der Waals surface area contributed by atoms with E-state index in [1.807, 2.05) is 24.3 Å². The summed E-state index contributed by atoms with van der Waals surface area (Å²) in [4.78, 5) is 20.5. The smallest absolute Gasteiger partial charge is 0.338 e. The number of nitrogen functional groups attached to an aromatic ring is 1. The van der Waals surface area contributed by atoms with Crippen LogP contribution in [-0.4, -0.2) is 21.0 Å². The third-order valence-electron chi connectivity index (χ3n) is 3.46. The number of hydrogen-bond acceptors (Lipinski definition) is 6. The van der Waals surface area contributed by atoms with Crippen LogP contribution >= 0.6 is 0 Å². The van der Waals surface area contributed by atoms with Gasteiger partial charge < -0.3 is 15.6 Å². The first-order valence-electron chi connectivity index (χ1n) is 7.02. The van der Waals surface area contributed by atoms with Crippen LogP contribution in [0.15, 0.2) is 42.5 Å². The van der Waals surface area contributed by atoms with Crippen molar-refractivity contribution in [3.05, 3.63) is 59.4 Å². The van der Waals surface area contributed by atoms with Crippen molar-refractivity contribution in [2.75, 3.05) is 5.73 Å². The Morgan fingerprint density at radius 3 is 2.78 bits per heavy atom. The molecule has 0 fully saturated rings. The molecule has 0 unspecified atom stereocenters. The van der Waals surface area contributed by atoms with Crippen molar-refractivity contribution in [1.29, 1.82) is 0 Å². The minimum atomic E-state index is -0.560. The number of aromatic hydroxyl groups is 1. The van der Waals surface area contributed by atoms with Crippen LogP contribution < -0.4 is 5.73 Å². The van der Waals surface area contributed by atoms with Crippen LogP contribution in [0.4, 0.5) is 5.82 Å². The molecule has 6 nitrogen and oxygen atoms in total. The summed E-state index contributed by atoms with van der Waals surface area (Å²) < 4.78 is 5.18. The monoisotopic (exact) mass is 309 g/mol. The maximum atomic E-state index is 12.0. The second-order valence-corrected chi connectivity index (χ2v) is 5.12. The van der Waals surface area contributed by atoms with Crippen molar-refractivity contribution < 1.29 is 14.6 Å². The number of phenols is 1. The number of benzene rings is 2. The van der Waals surface area contributed by atoms with Gasteiger partial charge in [0.15, 0.2) is 12.4 Å². The van der Waals surface area contributed by atoms with Crippen LogP contribution in [-0.2, 0) is 11.3 Å². The molecule has 1 heterocycles. The van der Waals surface area contributed by atoms with Crippen molar-refractivity contribution in [3.63, 3.8) is 0 Å². The fourth-order valence-corrected chi connectivity index (χ4v) is 2.17.